The molecule has 2 fully saturated rings. The molecule has 172 valence electrons. The number of carbonyl (C=O) groups excluding carboxylic acids is 4. The minimum absolute atomic E-state index is 0.0378. The Labute approximate surface area is 190 Å². The molecule has 1 aromatic rings. The average Bonchev–Trinajstić information content (AvgIpc) is 3.02. The van der Waals surface area contributed by atoms with Gasteiger partial charge in [0.2, 0.25) is 5.91 Å². The Kier molecular flexibility index (Phi) is 7.86. The Morgan fingerprint density at radius 3 is 2.50 bits per heavy atom. The first kappa shape index (κ1) is 23.7. The van der Waals surface area contributed by atoms with Gasteiger partial charge in [0.1, 0.15) is 5.82 Å². The molecule has 2 aliphatic rings. The molecule has 11 heteroatoms. The molecule has 32 heavy (non-hydrogen) atoms. The third-order valence-electron chi connectivity index (χ3n) is 5.12. The van der Waals surface area contributed by atoms with Crippen molar-refractivity contribution in [2.24, 2.45) is 0 Å². The number of halogens is 1. The van der Waals surface area contributed by atoms with Gasteiger partial charge in [-0.05, 0) is 23.9 Å². The summed E-state index contributed by atoms with van der Waals surface area (Å²) in [6, 6.07) is 5.96. The number of thioether (sulfide) groups is 1. The van der Waals surface area contributed by atoms with Gasteiger partial charge in [-0.2, -0.15) is 0 Å². The fourth-order valence-corrected chi connectivity index (χ4v) is 4.23. The third-order valence-corrected chi connectivity index (χ3v) is 6.02. The Balaban J connectivity index is 1.43. The Hall–Kier alpha value is -2.92. The highest BCUT2D eigenvalue weighted by atomic mass is 32.2. The lowest BCUT2D eigenvalue weighted by molar-refractivity contribution is -0.125. The van der Waals surface area contributed by atoms with Gasteiger partial charge in [0.25, 0.3) is 11.1 Å². The molecule has 5 amide bonds. The summed E-state index contributed by atoms with van der Waals surface area (Å²) in [7, 11) is 3.41. The summed E-state index contributed by atoms with van der Waals surface area (Å²) >= 11 is 0.752. The number of imide groups is 1. The number of nitrogens with one attached hydrogen (secondary N) is 1. The lowest BCUT2D eigenvalue weighted by atomic mass is 10.2. The van der Waals surface area contributed by atoms with Gasteiger partial charge in [-0.1, -0.05) is 18.2 Å². The highest BCUT2D eigenvalue weighted by Crippen LogP contribution is 2.32. The molecule has 2 saturated heterocycles. The third kappa shape index (κ3) is 5.86. The molecule has 0 bridgehead atoms. The van der Waals surface area contributed by atoms with Crippen molar-refractivity contribution in [2.75, 3.05) is 59.9 Å². The van der Waals surface area contributed by atoms with Crippen LogP contribution < -0.4 is 5.32 Å². The second kappa shape index (κ2) is 10.6. The standard InChI is InChI=1S/C21H26FN5O4S/c1-24(2)20(30)26-11-9-25(10-12-26)14-18(28)23-7-8-27-19(29)17(32-21(27)31)13-15-5-3-4-6-16(15)22/h3-6,13H,7-12,14H2,1-2H3,(H,23,28)/b17-13-. The lowest BCUT2D eigenvalue weighted by Gasteiger charge is -2.35. The number of hydrogen-bond acceptors (Lipinski definition) is 6. The Morgan fingerprint density at radius 1 is 1.16 bits per heavy atom. The number of urea groups is 1. The number of nitrogens with zero attached hydrogens (tertiary/aromatic N) is 4. The van der Waals surface area contributed by atoms with Crippen LogP contribution in [-0.4, -0.2) is 103 Å². The van der Waals surface area contributed by atoms with Crippen molar-refractivity contribution in [3.8, 4) is 0 Å². The van der Waals surface area contributed by atoms with Crippen molar-refractivity contribution in [1.29, 1.82) is 0 Å². The van der Waals surface area contributed by atoms with Gasteiger partial charge in [0, 0.05) is 58.9 Å². The minimum Gasteiger partial charge on any atom is -0.353 e. The largest absolute Gasteiger partial charge is 0.353 e. The summed E-state index contributed by atoms with van der Waals surface area (Å²) < 4.78 is 13.8. The summed E-state index contributed by atoms with van der Waals surface area (Å²) in [5.74, 6) is -1.19. The van der Waals surface area contributed by atoms with E-state index >= 15 is 0 Å². The summed E-state index contributed by atoms with van der Waals surface area (Å²) in [6.07, 6.45) is 1.36. The predicted octanol–water partition coefficient (Wildman–Crippen LogP) is 1.28. The number of hydrogen-bond donors (Lipinski definition) is 1. The van der Waals surface area contributed by atoms with Gasteiger partial charge in [-0.15, -0.1) is 0 Å². The molecule has 0 aromatic heterocycles. The zero-order chi connectivity index (χ0) is 23.3. The summed E-state index contributed by atoms with van der Waals surface area (Å²) in [5, 5.41) is 2.27. The van der Waals surface area contributed by atoms with E-state index < -0.39 is 17.0 Å². The van der Waals surface area contributed by atoms with Crippen LogP contribution in [0.4, 0.5) is 14.0 Å². The van der Waals surface area contributed by atoms with Gasteiger partial charge in [0.05, 0.1) is 11.4 Å². The second-order valence-electron chi connectivity index (χ2n) is 7.65. The van der Waals surface area contributed by atoms with E-state index in [2.05, 4.69) is 5.32 Å². The van der Waals surface area contributed by atoms with Gasteiger partial charge in [-0.3, -0.25) is 24.2 Å². The van der Waals surface area contributed by atoms with Crippen LogP contribution in [0.1, 0.15) is 5.56 Å². The molecule has 0 aliphatic carbocycles. The van der Waals surface area contributed by atoms with E-state index in [4.69, 9.17) is 0 Å². The topological polar surface area (TPSA) is 93.3 Å². The number of piperazine rings is 1. The second-order valence-corrected chi connectivity index (χ2v) is 8.64. The van der Waals surface area contributed by atoms with Crippen LogP contribution in [0.15, 0.2) is 29.2 Å². The SMILES string of the molecule is CN(C)C(=O)N1CCN(CC(=O)NCCN2C(=O)S/C(=C\c3ccccc3F)C2=O)CC1. The van der Waals surface area contributed by atoms with E-state index in [9.17, 15) is 23.6 Å². The molecule has 2 heterocycles. The molecule has 9 nitrogen and oxygen atoms in total. The highest BCUT2D eigenvalue weighted by Gasteiger charge is 2.35. The summed E-state index contributed by atoms with van der Waals surface area (Å²) in [4.78, 5) is 55.3. The Bertz CT molecular complexity index is 931. The zero-order valence-electron chi connectivity index (χ0n) is 18.0. The summed E-state index contributed by atoms with van der Waals surface area (Å²) in [5.41, 5.74) is 0.235. The van der Waals surface area contributed by atoms with Crippen LogP contribution in [0, 0.1) is 5.82 Å². The number of amides is 5. The first-order valence-electron chi connectivity index (χ1n) is 10.2. The van der Waals surface area contributed by atoms with E-state index in [-0.39, 0.29) is 42.0 Å². The van der Waals surface area contributed by atoms with Crippen LogP contribution >= 0.6 is 11.8 Å². The summed E-state index contributed by atoms with van der Waals surface area (Å²) in [6.45, 7) is 2.64. The van der Waals surface area contributed by atoms with Crippen LogP contribution in [0.5, 0.6) is 0 Å². The zero-order valence-corrected chi connectivity index (χ0v) is 18.9. The monoisotopic (exact) mass is 463 g/mol. The number of carbonyl (C=O) groups is 4. The molecule has 2 aliphatic heterocycles. The van der Waals surface area contributed by atoms with Gasteiger partial charge in [0.15, 0.2) is 0 Å². The normalized spacial score (nSPS) is 18.4. The quantitative estimate of drug-likeness (QED) is 0.639. The molecule has 0 atom stereocenters. The van der Waals surface area contributed by atoms with Gasteiger partial charge in [-0.25, -0.2) is 9.18 Å². The van der Waals surface area contributed by atoms with E-state index in [1.807, 2.05) is 4.90 Å². The van der Waals surface area contributed by atoms with Crippen molar-refractivity contribution < 1.29 is 23.6 Å². The van der Waals surface area contributed by atoms with E-state index in [0.717, 1.165) is 16.7 Å². The molecule has 1 aromatic carbocycles. The maximum Gasteiger partial charge on any atom is 0.319 e. The van der Waals surface area contributed by atoms with Crippen molar-refractivity contribution in [3.63, 3.8) is 0 Å². The first-order chi connectivity index (χ1) is 15.3. The minimum atomic E-state index is -0.501. The molecule has 3 rings (SSSR count). The number of benzene rings is 1. The average molecular weight is 464 g/mol. The smallest absolute Gasteiger partial charge is 0.319 e. The van der Waals surface area contributed by atoms with Crippen molar-refractivity contribution in [1.82, 2.24) is 24.9 Å². The first-order valence-corrected chi connectivity index (χ1v) is 11.0. The highest BCUT2D eigenvalue weighted by molar-refractivity contribution is 8.18. The van der Waals surface area contributed by atoms with E-state index in [1.165, 1.54) is 23.1 Å². The predicted molar refractivity (Wildman–Crippen MR) is 119 cm³/mol. The molecular formula is C21H26FN5O4S. The molecule has 0 radical (unpaired) electrons. The van der Waals surface area contributed by atoms with Crippen LogP contribution in [0.25, 0.3) is 6.08 Å². The molecule has 1 N–H and O–H groups in total. The fraction of sp³-hybridized carbons (Fsp3) is 0.429. The molecule has 0 saturated carbocycles. The van der Waals surface area contributed by atoms with Gasteiger partial charge < -0.3 is 15.1 Å². The van der Waals surface area contributed by atoms with Crippen LogP contribution in [-0.2, 0) is 9.59 Å². The van der Waals surface area contributed by atoms with E-state index in [1.54, 1.807) is 31.1 Å². The van der Waals surface area contributed by atoms with Gasteiger partial charge >= 0.3 is 6.03 Å². The molecule has 0 spiro atoms. The maximum atomic E-state index is 13.8. The lowest BCUT2D eigenvalue weighted by Crippen LogP contribution is -2.53. The van der Waals surface area contributed by atoms with Crippen molar-refractivity contribution >= 4 is 40.9 Å². The van der Waals surface area contributed by atoms with Crippen molar-refractivity contribution in [2.45, 2.75) is 0 Å². The Morgan fingerprint density at radius 2 is 1.84 bits per heavy atom. The van der Waals surface area contributed by atoms with E-state index in [0.29, 0.717) is 26.2 Å². The molecule has 0 unspecified atom stereocenters. The maximum absolute atomic E-state index is 13.8. The van der Waals surface area contributed by atoms with Crippen LogP contribution in [0.2, 0.25) is 0 Å². The number of rotatable bonds is 6. The fourth-order valence-electron chi connectivity index (χ4n) is 3.37. The molecular weight excluding hydrogens is 437 g/mol. The van der Waals surface area contributed by atoms with Crippen molar-refractivity contribution in [3.05, 3.63) is 40.6 Å². The van der Waals surface area contributed by atoms with Crippen LogP contribution in [0.3, 0.4) is 0 Å².